The first kappa shape index (κ1) is 52.7. The van der Waals surface area contributed by atoms with Gasteiger partial charge in [-0.1, -0.05) is 133 Å². The van der Waals surface area contributed by atoms with Crippen LogP contribution in [0.1, 0.15) is 187 Å². The second kappa shape index (κ2) is 19.7. The van der Waals surface area contributed by atoms with Crippen molar-refractivity contribution in [3.8, 4) is 0 Å². The smallest absolute Gasteiger partial charge is 0.422 e. The lowest BCUT2D eigenvalue weighted by Gasteiger charge is -2.60. The summed E-state index contributed by atoms with van der Waals surface area (Å²) in [5.41, 5.74) is -5.66. The Bertz CT molecular complexity index is 1540. The van der Waals surface area contributed by atoms with Crippen LogP contribution < -0.4 is 0 Å². The van der Waals surface area contributed by atoms with Crippen LogP contribution in [-0.4, -0.2) is 58.9 Å². The molecule has 0 bridgehead atoms. The number of benzene rings is 1. The van der Waals surface area contributed by atoms with Crippen LogP contribution in [0.5, 0.6) is 0 Å². The third-order valence-electron chi connectivity index (χ3n) is 15.8. The number of hydrogen-bond donors (Lipinski definition) is 0. The fourth-order valence-electron chi connectivity index (χ4n) is 9.15. The summed E-state index contributed by atoms with van der Waals surface area (Å²) < 4.78 is 52.7. The molecule has 10 heteroatoms. The first-order chi connectivity index (χ1) is 26.9. The molecule has 7 atom stereocenters. The van der Waals surface area contributed by atoms with E-state index in [9.17, 15) is 27.6 Å². The third kappa shape index (κ3) is 11.9. The van der Waals surface area contributed by atoms with E-state index in [1.165, 1.54) is 0 Å². The molecule has 0 radical (unpaired) electrons. The zero-order chi connectivity index (χ0) is 45.6. The fourth-order valence-corrected chi connectivity index (χ4v) is 9.15. The number of esters is 2. The van der Waals surface area contributed by atoms with Crippen molar-refractivity contribution in [2.75, 3.05) is 13.2 Å². The van der Waals surface area contributed by atoms with E-state index in [1.807, 2.05) is 85.6 Å². The lowest BCUT2D eigenvalue weighted by molar-refractivity contribution is -0.358. The van der Waals surface area contributed by atoms with E-state index in [0.717, 1.165) is 31.2 Å². The van der Waals surface area contributed by atoms with Gasteiger partial charge in [0.2, 0.25) is 0 Å². The molecule has 1 aromatic carbocycles. The van der Waals surface area contributed by atoms with Gasteiger partial charge in [-0.15, -0.1) is 0 Å². The summed E-state index contributed by atoms with van der Waals surface area (Å²) >= 11 is 0. The van der Waals surface area contributed by atoms with Crippen molar-refractivity contribution in [1.29, 1.82) is 0 Å². The van der Waals surface area contributed by atoms with Crippen LogP contribution in [0.3, 0.4) is 0 Å². The molecule has 1 aliphatic heterocycles. The fraction of sp³-hybridized carbons (Fsp3) is 0.816. The van der Waals surface area contributed by atoms with Gasteiger partial charge < -0.3 is 9.47 Å². The molecule has 0 saturated carbocycles. The summed E-state index contributed by atoms with van der Waals surface area (Å²) in [6.45, 7) is 32.2. The average Bonchev–Trinajstić information content (AvgIpc) is 3.16. The van der Waals surface area contributed by atoms with E-state index in [1.54, 1.807) is 20.8 Å². The average molecular weight is 838 g/mol. The highest BCUT2D eigenvalue weighted by molar-refractivity contribution is 5.84. The third-order valence-corrected chi connectivity index (χ3v) is 15.8. The zero-order valence-corrected chi connectivity index (χ0v) is 40.0. The van der Waals surface area contributed by atoms with Crippen molar-refractivity contribution >= 4 is 17.7 Å². The first-order valence-corrected chi connectivity index (χ1v) is 22.3. The highest BCUT2D eigenvalue weighted by atomic mass is 19.4. The number of alkyl halides is 3. The Morgan fingerprint density at radius 2 is 1.47 bits per heavy atom. The molecule has 340 valence electrons. The summed E-state index contributed by atoms with van der Waals surface area (Å²) in [5, 5.41) is 1.87. The van der Waals surface area contributed by atoms with Crippen molar-refractivity contribution in [3.63, 3.8) is 0 Å². The zero-order valence-electron chi connectivity index (χ0n) is 40.0. The topological polar surface area (TPSA) is 82.1 Å². The first-order valence-electron chi connectivity index (χ1n) is 22.3. The van der Waals surface area contributed by atoms with Gasteiger partial charge in [0, 0.05) is 12.3 Å². The number of hydroxylamine groups is 2. The van der Waals surface area contributed by atoms with Gasteiger partial charge in [0.05, 0.1) is 29.0 Å². The van der Waals surface area contributed by atoms with Gasteiger partial charge in [-0.2, -0.15) is 18.2 Å². The number of rotatable bonds is 22. The Morgan fingerprint density at radius 3 is 1.97 bits per heavy atom. The van der Waals surface area contributed by atoms with E-state index < -0.39 is 63.5 Å². The second-order valence-corrected chi connectivity index (χ2v) is 21.1. The number of unbranched alkanes of at least 4 members (excludes halogenated alkanes) is 1. The molecular formula is C49H82F3NO6. The standard InChI is InChI=1S/C49H82F3NO6/c1-18-22-26-36(19-2)31-57-40(55)38(29-42(7,8)34(5)37-27-24-23-25-28-37)44(11,12)43(9,10)32-47(16,41(56)58-33-49(50,51)52)45(13,14)59-53-46(15,20-3)30-39(54)35(6)48(53,17)21-4/h23-25,27-28,34-36,38H,18-22,26,29-33H2,1-17H3. The van der Waals surface area contributed by atoms with E-state index in [4.69, 9.17) is 14.3 Å². The van der Waals surface area contributed by atoms with E-state index in [2.05, 4.69) is 46.8 Å². The van der Waals surface area contributed by atoms with Gasteiger partial charge in [-0.05, 0) is 100 Å². The summed E-state index contributed by atoms with van der Waals surface area (Å²) in [4.78, 5) is 49.7. The predicted octanol–water partition coefficient (Wildman–Crippen LogP) is 13.1. The highest BCUT2D eigenvalue weighted by Gasteiger charge is 2.62. The van der Waals surface area contributed by atoms with Crippen molar-refractivity contribution in [2.24, 2.45) is 39.4 Å². The number of nitrogens with zero attached hydrogens (tertiary/aromatic N) is 1. The maximum Gasteiger partial charge on any atom is 0.422 e. The molecule has 1 saturated heterocycles. The minimum absolute atomic E-state index is 0.0111. The predicted molar refractivity (Wildman–Crippen MR) is 231 cm³/mol. The van der Waals surface area contributed by atoms with Crippen LogP contribution in [-0.2, 0) is 28.7 Å². The number of piperidine rings is 1. The van der Waals surface area contributed by atoms with Gasteiger partial charge in [-0.3, -0.25) is 19.2 Å². The molecule has 7 nitrogen and oxygen atoms in total. The molecule has 1 heterocycles. The number of carbonyl (C=O) groups excluding carboxylic acids is 3. The van der Waals surface area contributed by atoms with Crippen LogP contribution >= 0.6 is 0 Å². The molecule has 2 rings (SSSR count). The van der Waals surface area contributed by atoms with Crippen LogP contribution in [0.15, 0.2) is 30.3 Å². The minimum atomic E-state index is -4.75. The molecule has 0 N–H and O–H groups in total. The summed E-state index contributed by atoms with van der Waals surface area (Å²) in [5.74, 6) is -1.99. The van der Waals surface area contributed by atoms with Crippen LogP contribution in [0.25, 0.3) is 0 Å². The Labute approximate surface area is 356 Å². The Hall–Kier alpha value is -2.46. The molecule has 0 spiro atoms. The van der Waals surface area contributed by atoms with Crippen LogP contribution in [0, 0.1) is 39.4 Å². The molecular weight excluding hydrogens is 756 g/mol. The summed E-state index contributed by atoms with van der Waals surface area (Å²) in [6.07, 6.45) is 1.00. The SMILES string of the molecule is CCCCC(CC)COC(=O)C(CC(C)(C)C(C)c1ccccc1)C(C)(C)C(C)(C)CC(C)(C(=O)OCC(F)(F)F)C(C)(C)ON1C(C)(CC)CC(=O)C(C)C1(C)CC. The van der Waals surface area contributed by atoms with Crippen molar-refractivity contribution in [2.45, 2.75) is 204 Å². The maximum atomic E-state index is 14.7. The molecule has 0 aromatic heterocycles. The molecule has 59 heavy (non-hydrogen) atoms. The summed E-state index contributed by atoms with van der Waals surface area (Å²) in [6, 6.07) is 10.2. The number of carbonyl (C=O) groups is 3. The quantitative estimate of drug-likeness (QED) is 0.108. The van der Waals surface area contributed by atoms with Gasteiger partial charge in [-0.25, -0.2) is 0 Å². The maximum absolute atomic E-state index is 14.7. The Balaban J connectivity index is 2.79. The van der Waals surface area contributed by atoms with Crippen molar-refractivity contribution < 1.29 is 41.9 Å². The number of ether oxygens (including phenoxy) is 2. The van der Waals surface area contributed by atoms with E-state index in [-0.39, 0.29) is 41.8 Å². The van der Waals surface area contributed by atoms with Crippen molar-refractivity contribution in [3.05, 3.63) is 35.9 Å². The summed E-state index contributed by atoms with van der Waals surface area (Å²) in [7, 11) is 0. The minimum Gasteiger partial charge on any atom is -0.465 e. The Kier molecular flexibility index (Phi) is 17.6. The molecule has 7 unspecified atom stereocenters. The Morgan fingerprint density at radius 1 is 0.898 bits per heavy atom. The normalized spacial score (nSPS) is 23.9. The van der Waals surface area contributed by atoms with Gasteiger partial charge >= 0.3 is 18.1 Å². The highest BCUT2D eigenvalue weighted by Crippen LogP contribution is 2.58. The molecule has 0 aliphatic carbocycles. The molecule has 0 amide bonds. The van der Waals surface area contributed by atoms with Gasteiger partial charge in [0.15, 0.2) is 6.61 Å². The van der Waals surface area contributed by atoms with Crippen LogP contribution in [0.4, 0.5) is 13.2 Å². The number of ketones is 1. The second-order valence-electron chi connectivity index (χ2n) is 21.1. The van der Waals surface area contributed by atoms with Crippen LogP contribution in [0.2, 0.25) is 0 Å². The molecule has 1 aromatic rings. The van der Waals surface area contributed by atoms with Gasteiger partial charge in [0.1, 0.15) is 11.4 Å². The number of halogens is 3. The van der Waals surface area contributed by atoms with E-state index in [0.29, 0.717) is 25.9 Å². The molecule has 1 fully saturated rings. The number of hydrogen-bond acceptors (Lipinski definition) is 7. The van der Waals surface area contributed by atoms with Crippen molar-refractivity contribution in [1.82, 2.24) is 5.06 Å². The lowest BCUT2D eigenvalue weighted by atomic mass is 9.52. The number of Topliss-reactive ketones (excluding diaryl/α,β-unsaturated/α-hetero) is 1. The molecule has 1 aliphatic rings. The monoisotopic (exact) mass is 838 g/mol. The van der Waals surface area contributed by atoms with E-state index >= 15 is 0 Å². The lowest BCUT2D eigenvalue weighted by Crippen LogP contribution is -2.69. The largest absolute Gasteiger partial charge is 0.465 e. The van der Waals surface area contributed by atoms with Gasteiger partial charge in [0.25, 0.3) is 0 Å².